The predicted molar refractivity (Wildman–Crippen MR) is 105 cm³/mol. The lowest BCUT2D eigenvalue weighted by Crippen LogP contribution is -2.13. The third-order valence-corrected chi connectivity index (χ3v) is 4.85. The summed E-state index contributed by atoms with van der Waals surface area (Å²) in [4.78, 5) is 16.6. The van der Waals surface area contributed by atoms with Gasteiger partial charge in [0.1, 0.15) is 11.9 Å². The molecule has 0 fully saturated rings. The van der Waals surface area contributed by atoms with Crippen molar-refractivity contribution < 1.29 is 9.53 Å². The molecule has 5 nitrogen and oxygen atoms in total. The zero-order chi connectivity index (χ0) is 19.6. The summed E-state index contributed by atoms with van der Waals surface area (Å²) in [7, 11) is 0. The molecule has 1 unspecified atom stereocenters. The van der Waals surface area contributed by atoms with Crippen LogP contribution in [0.3, 0.4) is 0 Å². The summed E-state index contributed by atoms with van der Waals surface area (Å²) in [5.41, 5.74) is 3.81. The molecule has 2 aromatic carbocycles. The Balaban J connectivity index is 2.06. The summed E-state index contributed by atoms with van der Waals surface area (Å²) in [6.07, 6.45) is 0.731. The van der Waals surface area contributed by atoms with Gasteiger partial charge in [-0.2, -0.15) is 5.26 Å². The van der Waals surface area contributed by atoms with Crippen molar-refractivity contribution in [2.24, 2.45) is 0 Å². The number of hydrogen-bond donors (Lipinski definition) is 0. The molecular formula is C21H20ClN3O2. The van der Waals surface area contributed by atoms with Crippen molar-refractivity contribution in [3.63, 3.8) is 0 Å². The number of ether oxygens (including phenoxy) is 1. The molecule has 0 aliphatic rings. The van der Waals surface area contributed by atoms with Gasteiger partial charge in [0, 0.05) is 12.1 Å². The first-order valence-electron chi connectivity index (χ1n) is 8.88. The van der Waals surface area contributed by atoms with Crippen LogP contribution in [0.25, 0.3) is 16.7 Å². The summed E-state index contributed by atoms with van der Waals surface area (Å²) < 4.78 is 7.12. The Morgan fingerprint density at radius 1 is 1.30 bits per heavy atom. The van der Waals surface area contributed by atoms with Crippen molar-refractivity contribution in [2.75, 3.05) is 6.61 Å². The van der Waals surface area contributed by atoms with Gasteiger partial charge in [-0.3, -0.25) is 9.36 Å². The molecule has 0 bridgehead atoms. The van der Waals surface area contributed by atoms with Crippen LogP contribution in [0.2, 0.25) is 5.02 Å². The standard InChI is InChI=1S/C21H20ClN3O2/c1-4-20-24-18-10-15(12-23)17(22)11-19(18)25(20)16-8-6-14(7-9-16)13(3)21(26)27-5-2/h6-11,13H,4-5H2,1-3H3. The van der Waals surface area contributed by atoms with Crippen molar-refractivity contribution in [1.82, 2.24) is 9.55 Å². The van der Waals surface area contributed by atoms with Crippen molar-refractivity contribution in [2.45, 2.75) is 33.1 Å². The average molecular weight is 382 g/mol. The first-order valence-corrected chi connectivity index (χ1v) is 9.25. The van der Waals surface area contributed by atoms with Crippen LogP contribution in [0, 0.1) is 11.3 Å². The molecule has 6 heteroatoms. The van der Waals surface area contributed by atoms with Crippen molar-refractivity contribution in [3.8, 4) is 11.8 Å². The molecule has 3 aromatic rings. The second-order valence-corrected chi connectivity index (χ2v) is 6.62. The third kappa shape index (κ3) is 3.54. The molecule has 3 rings (SSSR count). The minimum Gasteiger partial charge on any atom is -0.466 e. The molecule has 138 valence electrons. The van der Waals surface area contributed by atoms with E-state index in [1.807, 2.05) is 42.7 Å². The molecular weight excluding hydrogens is 362 g/mol. The summed E-state index contributed by atoms with van der Waals surface area (Å²) in [5.74, 6) is 0.322. The van der Waals surface area contributed by atoms with Gasteiger partial charge in [-0.15, -0.1) is 0 Å². The lowest BCUT2D eigenvalue weighted by molar-refractivity contribution is -0.144. The number of carbonyl (C=O) groups excluding carboxylic acids is 1. The Kier molecular flexibility index (Phi) is 5.48. The molecule has 0 N–H and O–H groups in total. The largest absolute Gasteiger partial charge is 0.466 e. The van der Waals surface area contributed by atoms with Crippen molar-refractivity contribution >= 4 is 28.6 Å². The monoisotopic (exact) mass is 381 g/mol. The summed E-state index contributed by atoms with van der Waals surface area (Å²) in [6, 6.07) is 13.3. The van der Waals surface area contributed by atoms with E-state index in [0.29, 0.717) is 17.2 Å². The zero-order valence-corrected chi connectivity index (χ0v) is 16.2. The number of esters is 1. The van der Waals surface area contributed by atoms with Crippen LogP contribution in [0.5, 0.6) is 0 Å². The summed E-state index contributed by atoms with van der Waals surface area (Å²) in [6.45, 7) is 6.03. The lowest BCUT2D eigenvalue weighted by Gasteiger charge is -2.13. The van der Waals surface area contributed by atoms with Gasteiger partial charge < -0.3 is 4.74 Å². The quantitative estimate of drug-likeness (QED) is 0.596. The molecule has 0 aliphatic carbocycles. The van der Waals surface area contributed by atoms with E-state index in [2.05, 4.69) is 11.1 Å². The fraction of sp³-hybridized carbons (Fsp3) is 0.286. The van der Waals surface area contributed by atoms with Crippen molar-refractivity contribution in [1.29, 1.82) is 5.26 Å². The SMILES string of the molecule is CCOC(=O)C(C)c1ccc(-n2c(CC)nc3cc(C#N)c(Cl)cc32)cc1. The number of aryl methyl sites for hydroxylation is 1. The molecule has 0 aliphatic heterocycles. The van der Waals surface area contributed by atoms with Crippen LogP contribution in [0.15, 0.2) is 36.4 Å². The van der Waals surface area contributed by atoms with Crippen LogP contribution >= 0.6 is 11.6 Å². The number of fused-ring (bicyclic) bond motifs is 1. The molecule has 0 saturated carbocycles. The number of rotatable bonds is 5. The molecule has 0 radical (unpaired) electrons. The Bertz CT molecular complexity index is 1030. The first-order chi connectivity index (χ1) is 13.0. The van der Waals surface area contributed by atoms with Gasteiger partial charge in [-0.1, -0.05) is 30.7 Å². The van der Waals surface area contributed by atoms with Gasteiger partial charge in [0.25, 0.3) is 0 Å². The summed E-state index contributed by atoms with van der Waals surface area (Å²) >= 11 is 6.23. The maximum Gasteiger partial charge on any atom is 0.313 e. The number of hydrogen-bond acceptors (Lipinski definition) is 4. The number of benzene rings is 2. The second-order valence-electron chi connectivity index (χ2n) is 6.21. The van der Waals surface area contributed by atoms with E-state index in [4.69, 9.17) is 16.3 Å². The van der Waals surface area contributed by atoms with E-state index in [1.165, 1.54) is 0 Å². The first kappa shape index (κ1) is 18.9. The normalized spacial score (nSPS) is 12.0. The molecule has 0 amide bonds. The molecule has 1 aromatic heterocycles. The third-order valence-electron chi connectivity index (χ3n) is 4.54. The Morgan fingerprint density at radius 2 is 2.00 bits per heavy atom. The number of imidazole rings is 1. The van der Waals surface area contributed by atoms with Crippen LogP contribution < -0.4 is 0 Å². The van der Waals surface area contributed by atoms with E-state index in [9.17, 15) is 10.1 Å². The van der Waals surface area contributed by atoms with Gasteiger partial charge >= 0.3 is 5.97 Å². The van der Waals surface area contributed by atoms with Gasteiger partial charge in [0.2, 0.25) is 0 Å². The van der Waals surface area contributed by atoms with Crippen LogP contribution in [0.4, 0.5) is 0 Å². The highest BCUT2D eigenvalue weighted by Gasteiger charge is 2.18. The van der Waals surface area contributed by atoms with E-state index in [1.54, 1.807) is 19.1 Å². The molecule has 0 spiro atoms. The Morgan fingerprint density at radius 3 is 2.59 bits per heavy atom. The number of carbonyl (C=O) groups is 1. The minimum absolute atomic E-state index is 0.233. The molecule has 27 heavy (non-hydrogen) atoms. The van der Waals surface area contributed by atoms with Crippen LogP contribution in [0.1, 0.15) is 43.6 Å². The Labute approximate surface area is 163 Å². The lowest BCUT2D eigenvalue weighted by atomic mass is 10.0. The number of aromatic nitrogens is 2. The maximum atomic E-state index is 12.0. The second kappa shape index (κ2) is 7.81. The number of nitrogens with zero attached hydrogens (tertiary/aromatic N) is 3. The van der Waals surface area contributed by atoms with Gasteiger partial charge in [0.15, 0.2) is 0 Å². The van der Waals surface area contributed by atoms with Gasteiger partial charge in [-0.25, -0.2) is 4.98 Å². The topological polar surface area (TPSA) is 67.9 Å². The number of halogens is 1. The van der Waals surface area contributed by atoms with E-state index in [-0.39, 0.29) is 11.9 Å². The smallest absolute Gasteiger partial charge is 0.313 e. The Hall–Kier alpha value is -2.84. The minimum atomic E-state index is -0.322. The molecule has 1 atom stereocenters. The fourth-order valence-electron chi connectivity index (χ4n) is 3.07. The highest BCUT2D eigenvalue weighted by atomic mass is 35.5. The van der Waals surface area contributed by atoms with E-state index in [0.717, 1.165) is 34.5 Å². The highest BCUT2D eigenvalue weighted by molar-refractivity contribution is 6.32. The number of nitriles is 1. The molecule has 1 heterocycles. The van der Waals surface area contributed by atoms with Crippen LogP contribution in [-0.2, 0) is 16.0 Å². The zero-order valence-electron chi connectivity index (χ0n) is 15.5. The van der Waals surface area contributed by atoms with E-state index >= 15 is 0 Å². The predicted octanol–water partition coefficient (Wildman–Crippen LogP) is 4.78. The summed E-state index contributed by atoms with van der Waals surface area (Å²) in [5, 5.41) is 9.59. The maximum absolute atomic E-state index is 12.0. The van der Waals surface area contributed by atoms with Crippen molar-refractivity contribution in [3.05, 3.63) is 58.4 Å². The average Bonchev–Trinajstić information content (AvgIpc) is 3.04. The molecule has 0 saturated heterocycles. The van der Waals surface area contributed by atoms with Crippen LogP contribution in [-0.4, -0.2) is 22.1 Å². The fourth-order valence-corrected chi connectivity index (χ4v) is 3.27. The van der Waals surface area contributed by atoms with E-state index < -0.39 is 0 Å². The highest BCUT2D eigenvalue weighted by Crippen LogP contribution is 2.28. The van der Waals surface area contributed by atoms with Gasteiger partial charge in [-0.05, 0) is 43.7 Å². The van der Waals surface area contributed by atoms with Gasteiger partial charge in [0.05, 0.1) is 34.1 Å².